The van der Waals surface area contributed by atoms with Crippen LogP contribution in [-0.4, -0.2) is 68.6 Å². The van der Waals surface area contributed by atoms with E-state index in [-0.39, 0.29) is 10.9 Å². The number of aromatic nitrogens is 6. The molecule has 5 rings (SSSR count). The fraction of sp³-hybridized carbons (Fsp3) is 0.286. The second-order valence-corrected chi connectivity index (χ2v) is 9.59. The van der Waals surface area contributed by atoms with Gasteiger partial charge in [-0.3, -0.25) is 4.98 Å². The average Bonchev–Trinajstić information content (AvgIpc) is 3.50. The maximum Gasteiger partial charge on any atom is 0.268 e. The highest BCUT2D eigenvalue weighted by molar-refractivity contribution is 7.89. The van der Waals surface area contributed by atoms with Crippen molar-refractivity contribution in [3.05, 3.63) is 54.7 Å². The minimum Gasteiger partial charge on any atom is -0.415 e. The number of piperazine rings is 1. The van der Waals surface area contributed by atoms with Gasteiger partial charge in [0, 0.05) is 45.0 Å². The Morgan fingerprint density at radius 1 is 0.970 bits per heavy atom. The van der Waals surface area contributed by atoms with Gasteiger partial charge in [0.25, 0.3) is 15.9 Å². The van der Waals surface area contributed by atoms with Crippen LogP contribution in [0.15, 0.2) is 58.5 Å². The van der Waals surface area contributed by atoms with Gasteiger partial charge in [-0.1, -0.05) is 18.2 Å². The summed E-state index contributed by atoms with van der Waals surface area (Å²) < 4.78 is 34.6. The summed E-state index contributed by atoms with van der Waals surface area (Å²) >= 11 is 0. The number of aryl methyl sites for hydroxylation is 2. The zero-order chi connectivity index (χ0) is 23.0. The Hall–Kier alpha value is -3.64. The van der Waals surface area contributed by atoms with E-state index in [1.165, 1.54) is 16.8 Å². The first-order chi connectivity index (χ1) is 15.9. The molecule has 1 aromatic carbocycles. The Morgan fingerprint density at radius 2 is 1.70 bits per heavy atom. The van der Waals surface area contributed by atoms with E-state index in [0.29, 0.717) is 49.3 Å². The number of anilines is 1. The normalized spacial score (nSPS) is 15.2. The van der Waals surface area contributed by atoms with E-state index in [4.69, 9.17) is 9.40 Å². The molecule has 11 nitrogen and oxygen atoms in total. The number of imidazole rings is 1. The molecular weight excluding hydrogens is 444 g/mol. The van der Waals surface area contributed by atoms with Crippen LogP contribution in [0.4, 0.5) is 5.82 Å². The van der Waals surface area contributed by atoms with Crippen molar-refractivity contribution < 1.29 is 12.8 Å². The van der Waals surface area contributed by atoms with Crippen LogP contribution in [0.25, 0.3) is 23.0 Å². The van der Waals surface area contributed by atoms with Crippen LogP contribution >= 0.6 is 0 Å². The lowest BCUT2D eigenvalue weighted by atomic mass is 10.2. The smallest absolute Gasteiger partial charge is 0.268 e. The highest BCUT2D eigenvalue weighted by Crippen LogP contribution is 2.26. The quantitative estimate of drug-likeness (QED) is 0.433. The summed E-state index contributed by atoms with van der Waals surface area (Å²) in [5.74, 6) is 1.33. The van der Waals surface area contributed by atoms with E-state index in [1.807, 2.05) is 42.2 Å². The molecule has 0 radical (unpaired) electrons. The van der Waals surface area contributed by atoms with Crippen LogP contribution in [-0.2, 0) is 17.1 Å². The van der Waals surface area contributed by atoms with Gasteiger partial charge in [-0.2, -0.15) is 4.31 Å². The molecule has 3 aromatic heterocycles. The van der Waals surface area contributed by atoms with Gasteiger partial charge in [-0.25, -0.2) is 18.4 Å². The lowest BCUT2D eigenvalue weighted by Gasteiger charge is -2.34. The summed E-state index contributed by atoms with van der Waals surface area (Å²) in [6.07, 6.45) is 4.66. The number of sulfonamides is 1. The summed E-state index contributed by atoms with van der Waals surface area (Å²) in [4.78, 5) is 15.1. The summed E-state index contributed by atoms with van der Waals surface area (Å²) in [6.45, 7) is 3.42. The van der Waals surface area contributed by atoms with Gasteiger partial charge in [0.1, 0.15) is 5.82 Å². The molecular formula is C21H22N8O3S. The molecule has 0 N–H and O–H groups in total. The van der Waals surface area contributed by atoms with Crippen molar-refractivity contribution >= 4 is 15.8 Å². The molecule has 1 aliphatic rings. The lowest BCUT2D eigenvalue weighted by molar-refractivity contribution is 0.382. The molecule has 0 spiro atoms. The first-order valence-electron chi connectivity index (χ1n) is 10.4. The Kier molecular flexibility index (Phi) is 5.38. The molecule has 33 heavy (non-hydrogen) atoms. The molecule has 1 aliphatic heterocycles. The number of hydrogen-bond acceptors (Lipinski definition) is 9. The van der Waals surface area contributed by atoms with Gasteiger partial charge in [0.2, 0.25) is 5.89 Å². The van der Waals surface area contributed by atoms with Crippen LogP contribution < -0.4 is 4.90 Å². The highest BCUT2D eigenvalue weighted by atomic mass is 32.2. The second-order valence-electron chi connectivity index (χ2n) is 7.71. The second kappa shape index (κ2) is 8.37. The van der Waals surface area contributed by atoms with Crippen LogP contribution in [0.3, 0.4) is 0 Å². The van der Waals surface area contributed by atoms with Gasteiger partial charge in [-0.05, 0) is 19.1 Å². The van der Waals surface area contributed by atoms with Gasteiger partial charge in [0.15, 0.2) is 10.7 Å². The monoisotopic (exact) mass is 466 g/mol. The first kappa shape index (κ1) is 21.2. The maximum atomic E-state index is 12.8. The SMILES string of the molecule is Cc1ncc(N2CCN(S(=O)(=O)c3cn(C)cn3)CC2)nc1-c1nnc(-c2ccccc2)o1. The third-order valence-electron chi connectivity index (χ3n) is 5.44. The first-order valence-corrected chi connectivity index (χ1v) is 11.8. The molecule has 0 saturated carbocycles. The minimum atomic E-state index is -3.62. The van der Waals surface area contributed by atoms with Crippen molar-refractivity contribution in [1.82, 2.24) is 34.0 Å². The molecule has 4 heterocycles. The molecule has 12 heteroatoms. The predicted molar refractivity (Wildman–Crippen MR) is 120 cm³/mol. The fourth-order valence-electron chi connectivity index (χ4n) is 3.62. The van der Waals surface area contributed by atoms with E-state index >= 15 is 0 Å². The predicted octanol–water partition coefficient (Wildman–Crippen LogP) is 1.75. The zero-order valence-electron chi connectivity index (χ0n) is 18.2. The molecule has 0 aliphatic carbocycles. The summed E-state index contributed by atoms with van der Waals surface area (Å²) in [7, 11) is -1.88. The van der Waals surface area contributed by atoms with E-state index in [9.17, 15) is 8.42 Å². The van der Waals surface area contributed by atoms with E-state index in [2.05, 4.69) is 20.2 Å². The van der Waals surface area contributed by atoms with Crippen molar-refractivity contribution in [3.63, 3.8) is 0 Å². The van der Waals surface area contributed by atoms with Crippen molar-refractivity contribution in [1.29, 1.82) is 0 Å². The van der Waals surface area contributed by atoms with Crippen LogP contribution in [0, 0.1) is 6.92 Å². The highest BCUT2D eigenvalue weighted by Gasteiger charge is 2.31. The van der Waals surface area contributed by atoms with E-state index in [0.717, 1.165) is 5.56 Å². The fourth-order valence-corrected chi connectivity index (χ4v) is 5.01. The summed E-state index contributed by atoms with van der Waals surface area (Å²) in [5.41, 5.74) is 1.99. The Labute approximate surface area is 190 Å². The van der Waals surface area contributed by atoms with Gasteiger partial charge in [0.05, 0.1) is 18.2 Å². The summed E-state index contributed by atoms with van der Waals surface area (Å²) in [5, 5.41) is 8.35. The van der Waals surface area contributed by atoms with Crippen LogP contribution in [0.1, 0.15) is 5.69 Å². The molecule has 0 unspecified atom stereocenters. The van der Waals surface area contributed by atoms with Crippen LogP contribution in [0.5, 0.6) is 0 Å². The number of rotatable bonds is 5. The Morgan fingerprint density at radius 3 is 2.39 bits per heavy atom. The lowest BCUT2D eigenvalue weighted by Crippen LogP contribution is -2.49. The van der Waals surface area contributed by atoms with Gasteiger partial charge in [-0.15, -0.1) is 10.2 Å². The molecule has 4 aromatic rings. The van der Waals surface area contributed by atoms with Gasteiger partial charge >= 0.3 is 0 Å². The summed E-state index contributed by atoms with van der Waals surface area (Å²) in [6, 6.07) is 9.51. The Balaban J connectivity index is 1.34. The molecule has 1 saturated heterocycles. The van der Waals surface area contributed by atoms with Crippen LogP contribution in [0.2, 0.25) is 0 Å². The number of benzene rings is 1. The molecule has 1 fully saturated rings. The van der Waals surface area contributed by atoms with Crippen molar-refractivity contribution in [2.75, 3.05) is 31.1 Å². The standard InChI is InChI=1S/C21H22N8O3S/c1-15-19(21-26-25-20(32-21)16-6-4-3-5-7-16)24-17(12-22-15)28-8-10-29(11-9-28)33(30,31)18-13-27(2)14-23-18/h3-7,12-14H,8-11H2,1-2H3. The third-order valence-corrected chi connectivity index (χ3v) is 7.22. The maximum absolute atomic E-state index is 12.8. The average molecular weight is 467 g/mol. The molecule has 0 bridgehead atoms. The topological polar surface area (TPSA) is 123 Å². The zero-order valence-corrected chi connectivity index (χ0v) is 19.0. The molecule has 0 atom stereocenters. The Bertz CT molecular complexity index is 1380. The van der Waals surface area contributed by atoms with E-state index < -0.39 is 10.0 Å². The molecule has 170 valence electrons. The number of hydrogen-bond donors (Lipinski definition) is 0. The van der Waals surface area contributed by atoms with Crippen molar-refractivity contribution in [2.45, 2.75) is 11.9 Å². The van der Waals surface area contributed by atoms with Gasteiger partial charge < -0.3 is 13.9 Å². The van der Waals surface area contributed by atoms with Crippen molar-refractivity contribution in [3.8, 4) is 23.0 Å². The molecule has 0 amide bonds. The van der Waals surface area contributed by atoms with Crippen molar-refractivity contribution in [2.24, 2.45) is 7.05 Å². The van der Waals surface area contributed by atoms with E-state index in [1.54, 1.807) is 17.8 Å². The largest absolute Gasteiger partial charge is 0.415 e. The number of nitrogens with zero attached hydrogens (tertiary/aromatic N) is 8. The minimum absolute atomic E-state index is 0.0569. The third kappa shape index (κ3) is 4.10.